The van der Waals surface area contributed by atoms with Crippen molar-refractivity contribution in [2.75, 3.05) is 6.54 Å². The summed E-state index contributed by atoms with van der Waals surface area (Å²) in [6.45, 7) is 9.82. The summed E-state index contributed by atoms with van der Waals surface area (Å²) >= 11 is 0. The number of hydrogen-bond donors (Lipinski definition) is 1. The average molecular weight is 412 g/mol. The van der Waals surface area contributed by atoms with Crippen molar-refractivity contribution in [3.05, 3.63) is 35.4 Å². The number of hydrogen-bond acceptors (Lipinski definition) is 3. The van der Waals surface area contributed by atoms with Crippen LogP contribution in [0.3, 0.4) is 0 Å². The lowest BCUT2D eigenvalue weighted by Gasteiger charge is -2.39. The van der Waals surface area contributed by atoms with Crippen molar-refractivity contribution in [2.24, 2.45) is 0 Å². The molecule has 0 aromatic heterocycles. The van der Waals surface area contributed by atoms with Crippen molar-refractivity contribution >= 4 is 6.09 Å². The van der Waals surface area contributed by atoms with Crippen LogP contribution in [-0.2, 0) is 16.5 Å². The highest BCUT2D eigenvalue weighted by Gasteiger charge is 2.55. The van der Waals surface area contributed by atoms with Gasteiger partial charge in [0.15, 0.2) is 0 Å². The zero-order chi connectivity index (χ0) is 21.7. The number of rotatable bonds is 6. The van der Waals surface area contributed by atoms with Gasteiger partial charge in [-0.1, -0.05) is 12.1 Å². The third-order valence-corrected chi connectivity index (χ3v) is 5.39. The van der Waals surface area contributed by atoms with Crippen LogP contribution >= 0.6 is 0 Å². The van der Waals surface area contributed by atoms with Crippen molar-refractivity contribution in [1.82, 2.24) is 10.2 Å². The second-order valence-electron chi connectivity index (χ2n) is 9.98. The van der Waals surface area contributed by atoms with E-state index >= 15 is 0 Å². The molecule has 2 fully saturated rings. The fraction of sp³-hybridized carbons (Fsp3) is 0.682. The Balaban J connectivity index is 1.79. The smallest absolute Gasteiger partial charge is 0.416 e. The van der Waals surface area contributed by atoms with E-state index in [1.54, 1.807) is 6.07 Å². The van der Waals surface area contributed by atoms with Crippen LogP contribution in [0.5, 0.6) is 0 Å². The van der Waals surface area contributed by atoms with Gasteiger partial charge in [0.1, 0.15) is 5.60 Å². The molecule has 1 N–H and O–H groups in total. The lowest BCUT2D eigenvalue weighted by Crippen LogP contribution is -2.55. The minimum absolute atomic E-state index is 0.340. The molecule has 1 amide bonds. The first-order valence-electron chi connectivity index (χ1n) is 10.2. The molecule has 0 unspecified atom stereocenters. The maximum atomic E-state index is 13.2. The predicted molar refractivity (Wildman–Crippen MR) is 106 cm³/mol. The Morgan fingerprint density at radius 2 is 1.79 bits per heavy atom. The molecule has 1 aromatic rings. The van der Waals surface area contributed by atoms with E-state index in [2.05, 4.69) is 10.2 Å². The number of carbonyl (C=O) groups is 1. The largest absolute Gasteiger partial charge is 0.444 e. The molecule has 0 radical (unpaired) electrons. The zero-order valence-corrected chi connectivity index (χ0v) is 17.8. The molecule has 0 bridgehead atoms. The molecule has 29 heavy (non-hydrogen) atoms. The van der Waals surface area contributed by atoms with Crippen molar-refractivity contribution in [3.8, 4) is 0 Å². The standard InChI is InChI=1S/C22H31F3N2O2/c1-19(2,3)29-18(28)26-20(4,5)14-27(17-9-10-17)21(11-12-21)15-7-6-8-16(13-15)22(23,24)25/h6-8,13,17H,9-12,14H2,1-5H3,(H,26,28). The number of carbonyl (C=O) groups excluding carboxylic acids is 1. The first-order chi connectivity index (χ1) is 13.2. The molecule has 162 valence electrons. The van der Waals surface area contributed by atoms with Gasteiger partial charge in [0, 0.05) is 18.1 Å². The van der Waals surface area contributed by atoms with E-state index in [1.807, 2.05) is 34.6 Å². The average Bonchev–Trinajstić information content (AvgIpc) is 3.43. The van der Waals surface area contributed by atoms with Gasteiger partial charge in [-0.2, -0.15) is 13.2 Å². The molecule has 2 aliphatic carbocycles. The van der Waals surface area contributed by atoms with Crippen molar-refractivity contribution < 1.29 is 22.7 Å². The first-order valence-corrected chi connectivity index (χ1v) is 10.2. The Kier molecular flexibility index (Phi) is 5.43. The van der Waals surface area contributed by atoms with Gasteiger partial charge in [0.2, 0.25) is 0 Å². The Labute approximate surface area is 170 Å². The topological polar surface area (TPSA) is 41.6 Å². The molecule has 0 spiro atoms. The van der Waals surface area contributed by atoms with Gasteiger partial charge in [-0.25, -0.2) is 4.79 Å². The number of ether oxygens (including phenoxy) is 1. The minimum Gasteiger partial charge on any atom is -0.444 e. The zero-order valence-electron chi connectivity index (χ0n) is 17.8. The van der Waals surface area contributed by atoms with Crippen LogP contribution in [0.25, 0.3) is 0 Å². The summed E-state index contributed by atoms with van der Waals surface area (Å²) in [4.78, 5) is 14.6. The maximum absolute atomic E-state index is 13.2. The fourth-order valence-electron chi connectivity index (χ4n) is 3.91. The SMILES string of the molecule is CC(C)(CN(C1CC1)C1(c2cccc(C(F)(F)F)c2)CC1)NC(=O)OC(C)(C)C. The molecule has 0 atom stereocenters. The fourth-order valence-corrected chi connectivity index (χ4v) is 3.91. The molecule has 0 heterocycles. The predicted octanol–water partition coefficient (Wildman–Crippen LogP) is 5.46. The van der Waals surface area contributed by atoms with Crippen molar-refractivity contribution in [2.45, 2.75) is 89.2 Å². The summed E-state index contributed by atoms with van der Waals surface area (Å²) in [5.41, 5.74) is -1.45. The monoisotopic (exact) mass is 412 g/mol. The summed E-state index contributed by atoms with van der Waals surface area (Å²) < 4.78 is 45.0. The summed E-state index contributed by atoms with van der Waals surface area (Å²) in [5.74, 6) is 0. The molecular weight excluding hydrogens is 381 g/mol. The van der Waals surface area contributed by atoms with E-state index in [1.165, 1.54) is 12.1 Å². The molecule has 3 rings (SSSR count). The third kappa shape index (κ3) is 5.44. The number of alkyl carbamates (subject to hydrolysis) is 1. The van der Waals surface area contributed by atoms with E-state index in [4.69, 9.17) is 4.74 Å². The minimum atomic E-state index is -4.35. The molecule has 0 saturated heterocycles. The van der Waals surface area contributed by atoms with E-state index in [-0.39, 0.29) is 5.54 Å². The number of halogens is 3. The quantitative estimate of drug-likeness (QED) is 0.674. The Hall–Kier alpha value is -1.76. The number of alkyl halides is 3. The van der Waals surface area contributed by atoms with Crippen LogP contribution in [-0.4, -0.2) is 34.7 Å². The lowest BCUT2D eigenvalue weighted by atomic mass is 9.96. The Morgan fingerprint density at radius 1 is 1.17 bits per heavy atom. The number of benzene rings is 1. The second kappa shape index (κ2) is 7.18. The molecule has 4 nitrogen and oxygen atoms in total. The first kappa shape index (κ1) is 21.9. The molecule has 7 heteroatoms. The Morgan fingerprint density at radius 3 is 2.28 bits per heavy atom. The van der Waals surface area contributed by atoms with Gasteiger partial charge in [0.05, 0.1) is 11.1 Å². The molecule has 1 aromatic carbocycles. The summed E-state index contributed by atoms with van der Waals surface area (Å²) in [5, 5.41) is 2.93. The van der Waals surface area contributed by atoms with Crippen molar-refractivity contribution in [1.29, 1.82) is 0 Å². The summed E-state index contributed by atoms with van der Waals surface area (Å²) in [6.07, 6.45) is -1.12. The lowest BCUT2D eigenvalue weighted by molar-refractivity contribution is -0.137. The highest BCUT2D eigenvalue weighted by molar-refractivity contribution is 5.68. The number of nitrogens with zero attached hydrogens (tertiary/aromatic N) is 1. The molecule has 2 aliphatic rings. The van der Waals surface area contributed by atoms with Gasteiger partial charge in [0.25, 0.3) is 0 Å². The second-order valence-corrected chi connectivity index (χ2v) is 9.98. The van der Waals surface area contributed by atoms with Crippen LogP contribution in [0.15, 0.2) is 24.3 Å². The van der Waals surface area contributed by atoms with E-state index in [9.17, 15) is 18.0 Å². The van der Waals surface area contributed by atoms with E-state index in [0.717, 1.165) is 31.7 Å². The van der Waals surface area contributed by atoms with Gasteiger partial charge >= 0.3 is 12.3 Å². The molecule has 2 saturated carbocycles. The third-order valence-electron chi connectivity index (χ3n) is 5.39. The molecule has 0 aliphatic heterocycles. The number of nitrogens with one attached hydrogen (secondary N) is 1. The summed E-state index contributed by atoms with van der Waals surface area (Å²) in [7, 11) is 0. The summed E-state index contributed by atoms with van der Waals surface area (Å²) in [6, 6.07) is 6.04. The van der Waals surface area contributed by atoms with Gasteiger partial charge < -0.3 is 10.1 Å². The van der Waals surface area contributed by atoms with Crippen LogP contribution in [0.1, 0.15) is 71.4 Å². The van der Waals surface area contributed by atoms with Gasteiger partial charge in [-0.05, 0) is 78.0 Å². The van der Waals surface area contributed by atoms with E-state index in [0.29, 0.717) is 18.2 Å². The van der Waals surface area contributed by atoms with Crippen molar-refractivity contribution in [3.63, 3.8) is 0 Å². The normalized spacial score (nSPS) is 19.2. The Bertz CT molecular complexity index is 760. The maximum Gasteiger partial charge on any atom is 0.416 e. The molecular formula is C22H31F3N2O2. The van der Waals surface area contributed by atoms with Crippen LogP contribution in [0, 0.1) is 0 Å². The highest BCUT2D eigenvalue weighted by Crippen LogP contribution is 2.55. The van der Waals surface area contributed by atoms with E-state index < -0.39 is 29.0 Å². The van der Waals surface area contributed by atoms with Crippen LogP contribution < -0.4 is 5.32 Å². The van der Waals surface area contributed by atoms with Gasteiger partial charge in [-0.15, -0.1) is 0 Å². The van der Waals surface area contributed by atoms with Crippen LogP contribution in [0.2, 0.25) is 0 Å². The van der Waals surface area contributed by atoms with Crippen LogP contribution in [0.4, 0.5) is 18.0 Å². The number of amides is 1. The highest BCUT2D eigenvalue weighted by atomic mass is 19.4. The van der Waals surface area contributed by atoms with Gasteiger partial charge in [-0.3, -0.25) is 4.90 Å².